The van der Waals surface area contributed by atoms with E-state index in [4.69, 9.17) is 13.7 Å². The van der Waals surface area contributed by atoms with E-state index in [9.17, 15) is 22.4 Å². The van der Waals surface area contributed by atoms with Gasteiger partial charge in [-0.3, -0.25) is 18.5 Å². The van der Waals surface area contributed by atoms with E-state index in [1.807, 2.05) is 11.9 Å². The Labute approximate surface area is 160 Å². The zero-order valence-corrected chi connectivity index (χ0v) is 16.2. The molecule has 0 aliphatic carbocycles. The Hall–Kier alpha value is -2.34. The van der Waals surface area contributed by atoms with Crippen molar-refractivity contribution < 1.29 is 26.5 Å². The van der Waals surface area contributed by atoms with Gasteiger partial charge in [0.25, 0.3) is 15.7 Å². The Morgan fingerprint density at radius 2 is 1.82 bits per heavy atom. The van der Waals surface area contributed by atoms with Gasteiger partial charge >= 0.3 is 5.69 Å². The molecular formula is C17H21FN2O7S. The first kappa shape index (κ1) is 22.0. The van der Waals surface area contributed by atoms with Crippen LogP contribution in [-0.4, -0.2) is 44.9 Å². The Morgan fingerprint density at radius 3 is 2.46 bits per heavy atom. The van der Waals surface area contributed by atoms with E-state index in [1.54, 1.807) is 12.1 Å². The van der Waals surface area contributed by atoms with Crippen molar-refractivity contribution in [2.75, 3.05) is 26.9 Å². The van der Waals surface area contributed by atoms with Crippen LogP contribution in [0.4, 0.5) is 4.39 Å². The van der Waals surface area contributed by atoms with Gasteiger partial charge in [0.15, 0.2) is 0 Å². The molecule has 1 heterocycles. The maximum absolute atomic E-state index is 13.4. The number of nitrogens with one attached hydrogen (secondary N) is 1. The fraction of sp³-hybridized carbons (Fsp3) is 0.412. The molecule has 11 heteroatoms. The molecule has 1 atom stereocenters. The predicted octanol–water partition coefficient (Wildman–Crippen LogP) is 0.941. The zero-order valence-electron chi connectivity index (χ0n) is 15.4. The summed E-state index contributed by atoms with van der Waals surface area (Å²) in [6.45, 7) is 1.71. The number of hydrogen-bond acceptors (Lipinski definition) is 7. The molecule has 0 fully saturated rings. The van der Waals surface area contributed by atoms with E-state index >= 15 is 0 Å². The van der Waals surface area contributed by atoms with Gasteiger partial charge in [-0.25, -0.2) is 4.79 Å². The van der Waals surface area contributed by atoms with Gasteiger partial charge in [0.05, 0.1) is 30.9 Å². The summed E-state index contributed by atoms with van der Waals surface area (Å²) in [7, 11) is -2.55. The van der Waals surface area contributed by atoms with E-state index in [-0.39, 0.29) is 31.1 Å². The minimum Gasteiger partial charge on any atom is -0.379 e. The standard InChI is InChI=1S/C17H21FN2O7S/c1-12-3-5-13(6-4-12)28(23,24)27-10-9-26-8-7-15(25-2)20-11-14(18)16(21)19-17(20)22/h3-6,11,15H,7-10H2,1-2H3,(H,19,21,22)/t15-/m1/s1. The van der Waals surface area contributed by atoms with Crippen molar-refractivity contribution in [2.45, 2.75) is 24.5 Å². The molecule has 0 unspecified atom stereocenters. The molecule has 0 aliphatic rings. The second-order valence-corrected chi connectivity index (χ2v) is 7.44. The predicted molar refractivity (Wildman–Crippen MR) is 97.1 cm³/mol. The highest BCUT2D eigenvalue weighted by Crippen LogP contribution is 2.13. The molecule has 154 valence electrons. The zero-order chi connectivity index (χ0) is 20.7. The lowest BCUT2D eigenvalue weighted by molar-refractivity contribution is 0.00102. The molecule has 0 saturated carbocycles. The molecule has 1 aromatic carbocycles. The smallest absolute Gasteiger partial charge is 0.330 e. The number of rotatable bonds is 10. The summed E-state index contributed by atoms with van der Waals surface area (Å²) in [5, 5.41) is 0. The number of aromatic nitrogens is 2. The first-order valence-corrected chi connectivity index (χ1v) is 9.73. The van der Waals surface area contributed by atoms with Crippen LogP contribution >= 0.6 is 0 Å². The van der Waals surface area contributed by atoms with Gasteiger partial charge in [-0.1, -0.05) is 17.7 Å². The number of halogens is 1. The summed E-state index contributed by atoms with van der Waals surface area (Å²) in [6.07, 6.45) is 0.0511. The Kier molecular flexibility index (Phi) is 7.63. The molecular weight excluding hydrogens is 395 g/mol. The van der Waals surface area contributed by atoms with Crippen LogP contribution in [0.1, 0.15) is 18.2 Å². The minimum atomic E-state index is -3.87. The minimum absolute atomic E-state index is 0.0175. The summed E-state index contributed by atoms with van der Waals surface area (Å²) in [6, 6.07) is 6.24. The number of nitrogens with zero attached hydrogens (tertiary/aromatic N) is 1. The molecule has 9 nitrogen and oxygen atoms in total. The first-order valence-electron chi connectivity index (χ1n) is 8.32. The van der Waals surface area contributed by atoms with Crippen molar-refractivity contribution in [1.82, 2.24) is 9.55 Å². The molecule has 28 heavy (non-hydrogen) atoms. The lowest BCUT2D eigenvalue weighted by Crippen LogP contribution is -2.34. The Bertz CT molecular complexity index is 999. The van der Waals surface area contributed by atoms with Crippen LogP contribution in [0.2, 0.25) is 0 Å². The quantitative estimate of drug-likeness (QED) is 0.453. The number of ether oxygens (including phenoxy) is 2. The number of methoxy groups -OCH3 is 1. The fourth-order valence-corrected chi connectivity index (χ4v) is 3.20. The van der Waals surface area contributed by atoms with E-state index < -0.39 is 33.4 Å². The highest BCUT2D eigenvalue weighted by Gasteiger charge is 2.16. The monoisotopic (exact) mass is 416 g/mol. The Balaban J connectivity index is 1.80. The largest absolute Gasteiger partial charge is 0.379 e. The second kappa shape index (κ2) is 9.73. The molecule has 0 bridgehead atoms. The number of hydrogen-bond donors (Lipinski definition) is 1. The molecule has 0 radical (unpaired) electrons. The van der Waals surface area contributed by atoms with Gasteiger partial charge in [-0.2, -0.15) is 12.8 Å². The molecule has 0 aliphatic heterocycles. The molecule has 0 amide bonds. The van der Waals surface area contributed by atoms with Gasteiger partial charge in [-0.05, 0) is 19.1 Å². The van der Waals surface area contributed by atoms with E-state index in [0.29, 0.717) is 0 Å². The summed E-state index contributed by atoms with van der Waals surface area (Å²) >= 11 is 0. The highest BCUT2D eigenvalue weighted by molar-refractivity contribution is 7.86. The maximum atomic E-state index is 13.4. The fourth-order valence-electron chi connectivity index (χ4n) is 2.31. The average molecular weight is 416 g/mol. The van der Waals surface area contributed by atoms with Crippen LogP contribution in [0.3, 0.4) is 0 Å². The molecule has 1 aromatic heterocycles. The lowest BCUT2D eigenvalue weighted by atomic mass is 10.2. The van der Waals surface area contributed by atoms with Gasteiger partial charge in [0.1, 0.15) is 6.23 Å². The number of benzene rings is 1. The number of H-pyrrole nitrogens is 1. The molecule has 1 N–H and O–H groups in total. The Morgan fingerprint density at radius 1 is 1.14 bits per heavy atom. The molecule has 2 aromatic rings. The third-order valence-corrected chi connectivity index (χ3v) is 5.12. The molecule has 0 saturated heterocycles. The summed E-state index contributed by atoms with van der Waals surface area (Å²) in [4.78, 5) is 24.7. The second-order valence-electron chi connectivity index (χ2n) is 5.82. The third kappa shape index (κ3) is 5.83. The van der Waals surface area contributed by atoms with Gasteiger partial charge < -0.3 is 9.47 Å². The topological polar surface area (TPSA) is 117 Å². The number of aromatic amines is 1. The van der Waals surface area contributed by atoms with Crippen molar-refractivity contribution in [3.8, 4) is 0 Å². The first-order chi connectivity index (χ1) is 13.2. The highest BCUT2D eigenvalue weighted by atomic mass is 32.2. The molecule has 0 spiro atoms. The number of aryl methyl sites for hydroxylation is 1. The van der Waals surface area contributed by atoms with Crippen LogP contribution < -0.4 is 11.2 Å². The normalized spacial score (nSPS) is 12.8. The van der Waals surface area contributed by atoms with Crippen molar-refractivity contribution in [2.24, 2.45) is 0 Å². The van der Waals surface area contributed by atoms with Crippen LogP contribution in [0.25, 0.3) is 0 Å². The van der Waals surface area contributed by atoms with E-state index in [1.165, 1.54) is 19.2 Å². The van der Waals surface area contributed by atoms with Crippen LogP contribution in [0.5, 0.6) is 0 Å². The summed E-state index contributed by atoms with van der Waals surface area (Å²) in [5.41, 5.74) is -0.999. The maximum Gasteiger partial charge on any atom is 0.330 e. The van der Waals surface area contributed by atoms with Gasteiger partial charge in [0, 0.05) is 13.5 Å². The van der Waals surface area contributed by atoms with Crippen molar-refractivity contribution in [3.05, 3.63) is 62.7 Å². The van der Waals surface area contributed by atoms with Crippen molar-refractivity contribution in [1.29, 1.82) is 0 Å². The average Bonchev–Trinajstić information content (AvgIpc) is 2.65. The van der Waals surface area contributed by atoms with Crippen LogP contribution in [0, 0.1) is 12.7 Å². The third-order valence-electron chi connectivity index (χ3n) is 3.79. The van der Waals surface area contributed by atoms with Crippen molar-refractivity contribution in [3.63, 3.8) is 0 Å². The van der Waals surface area contributed by atoms with Crippen molar-refractivity contribution >= 4 is 10.1 Å². The van der Waals surface area contributed by atoms with E-state index in [2.05, 4.69) is 0 Å². The summed E-state index contributed by atoms with van der Waals surface area (Å²) in [5.74, 6) is -1.11. The van der Waals surface area contributed by atoms with Crippen LogP contribution in [-0.2, 0) is 23.8 Å². The molecule has 2 rings (SSSR count). The van der Waals surface area contributed by atoms with Gasteiger partial charge in [-0.15, -0.1) is 0 Å². The van der Waals surface area contributed by atoms with Crippen LogP contribution in [0.15, 0.2) is 44.9 Å². The van der Waals surface area contributed by atoms with Gasteiger partial charge in [0.2, 0.25) is 5.82 Å². The van der Waals surface area contributed by atoms with E-state index in [0.717, 1.165) is 16.3 Å². The summed E-state index contributed by atoms with van der Waals surface area (Å²) < 4.78 is 53.6. The SMILES string of the molecule is CO[C@H](CCOCCOS(=O)(=O)c1ccc(C)cc1)n1cc(F)c(=O)[nH]c1=O. The lowest BCUT2D eigenvalue weighted by Gasteiger charge is -2.17.